The van der Waals surface area contributed by atoms with Crippen molar-refractivity contribution >= 4 is 46.6 Å². The van der Waals surface area contributed by atoms with Gasteiger partial charge < -0.3 is 9.47 Å². The van der Waals surface area contributed by atoms with Gasteiger partial charge in [-0.2, -0.15) is 0 Å². The van der Waals surface area contributed by atoms with Gasteiger partial charge in [-0.3, -0.25) is 0 Å². The van der Waals surface area contributed by atoms with Gasteiger partial charge in [0.25, 0.3) is 0 Å². The lowest BCUT2D eigenvalue weighted by molar-refractivity contribution is 0.490. The average molecular weight is 713 g/mol. The van der Waals surface area contributed by atoms with Crippen LogP contribution in [0.4, 0.5) is 11.4 Å². The van der Waals surface area contributed by atoms with E-state index in [2.05, 4.69) is 194 Å². The molecule has 2 heterocycles. The molecule has 3 aliphatic carbocycles. The van der Waals surface area contributed by atoms with Gasteiger partial charge in [-0.1, -0.05) is 141 Å². The summed E-state index contributed by atoms with van der Waals surface area (Å²) in [6, 6.07) is 41.3. The second kappa shape index (κ2) is 13.5. The number of aromatic nitrogens is 1. The zero-order chi connectivity index (χ0) is 37.1. The maximum Gasteiger partial charge on any atom is 0.0630 e. The molecule has 0 bridgehead atoms. The normalized spacial score (nSPS) is 18.8. The predicted octanol–water partition coefficient (Wildman–Crippen LogP) is 13.7. The van der Waals surface area contributed by atoms with Crippen LogP contribution in [0, 0.1) is 0 Å². The van der Waals surface area contributed by atoms with E-state index in [1.807, 2.05) is 0 Å². The van der Waals surface area contributed by atoms with Gasteiger partial charge in [-0.25, -0.2) is 0 Å². The second-order valence-electron chi connectivity index (χ2n) is 15.7. The molecule has 55 heavy (non-hydrogen) atoms. The molecule has 2 unspecified atom stereocenters. The standard InChI is InChI=1S/C53H48N2/c1-4-53(5-2)47-34-38(22-20-36-26-30-50-45(32-36)43-16-10-12-18-49(43)54(50)6-3)24-28-41(47)42-29-25-39(35-48(42)53)23-21-37-27-31-52-46(33-37)44-17-11-13-19-51(44)55(52)40-14-8-7-9-15-40/h7-9,11-15,17-35,46,52H,4-6,10,16H2,1-3H3/b22-20+,23-21+. The maximum atomic E-state index is 2.50. The molecule has 270 valence electrons. The summed E-state index contributed by atoms with van der Waals surface area (Å²) in [4.78, 5) is 2.50. The largest absolute Gasteiger partial charge is 0.341 e. The molecular formula is C53H48N2. The Hall–Kier alpha value is -5.86. The highest BCUT2D eigenvalue weighted by atomic mass is 15.2. The number of hydrogen-bond acceptors (Lipinski definition) is 1. The minimum Gasteiger partial charge on any atom is -0.341 e. The van der Waals surface area contributed by atoms with E-state index in [-0.39, 0.29) is 11.5 Å². The van der Waals surface area contributed by atoms with Crippen LogP contribution in [0.25, 0.3) is 46.3 Å². The first-order chi connectivity index (χ1) is 27.1. The minimum atomic E-state index is -0.00138. The number of allylic oxidation sites excluding steroid dienone is 4. The fourth-order valence-corrected chi connectivity index (χ4v) is 10.3. The van der Waals surface area contributed by atoms with E-state index >= 15 is 0 Å². The number of rotatable bonds is 8. The molecule has 2 nitrogen and oxygen atoms in total. The predicted molar refractivity (Wildman–Crippen MR) is 235 cm³/mol. The Balaban J connectivity index is 0.929. The van der Waals surface area contributed by atoms with Crippen molar-refractivity contribution in [2.75, 3.05) is 4.90 Å². The van der Waals surface area contributed by atoms with E-state index in [0.29, 0.717) is 5.92 Å². The molecule has 2 heteroatoms. The van der Waals surface area contributed by atoms with E-state index in [4.69, 9.17) is 0 Å². The summed E-state index contributed by atoms with van der Waals surface area (Å²) in [6.07, 6.45) is 25.5. The molecule has 10 rings (SSSR count). The van der Waals surface area contributed by atoms with Crippen molar-refractivity contribution in [3.05, 3.63) is 190 Å². The van der Waals surface area contributed by atoms with Crippen LogP contribution in [-0.2, 0) is 18.4 Å². The molecule has 0 fully saturated rings. The van der Waals surface area contributed by atoms with Crippen LogP contribution in [-0.4, -0.2) is 10.6 Å². The van der Waals surface area contributed by atoms with Crippen LogP contribution in [0.2, 0.25) is 0 Å². The molecule has 2 atom stereocenters. The average Bonchev–Trinajstić information content (AvgIpc) is 3.85. The zero-order valence-corrected chi connectivity index (χ0v) is 32.2. The van der Waals surface area contributed by atoms with Gasteiger partial charge in [0.2, 0.25) is 0 Å². The highest BCUT2D eigenvalue weighted by Gasteiger charge is 2.41. The number of benzene rings is 5. The Labute approximate surface area is 326 Å². The van der Waals surface area contributed by atoms with Crippen molar-refractivity contribution in [1.82, 2.24) is 4.57 Å². The van der Waals surface area contributed by atoms with Crippen LogP contribution in [0.5, 0.6) is 0 Å². The van der Waals surface area contributed by atoms with Crippen LogP contribution in [0.3, 0.4) is 0 Å². The van der Waals surface area contributed by atoms with Gasteiger partial charge in [0.1, 0.15) is 0 Å². The minimum absolute atomic E-state index is 0.00138. The topological polar surface area (TPSA) is 8.17 Å². The van der Waals surface area contributed by atoms with Gasteiger partial charge in [0.05, 0.1) is 6.04 Å². The zero-order valence-electron chi connectivity index (χ0n) is 32.2. The first-order valence-electron chi connectivity index (χ1n) is 20.4. The van der Waals surface area contributed by atoms with Crippen LogP contribution in [0.15, 0.2) is 145 Å². The van der Waals surface area contributed by atoms with Crippen molar-refractivity contribution < 1.29 is 0 Å². The van der Waals surface area contributed by atoms with Crippen molar-refractivity contribution in [1.29, 1.82) is 0 Å². The molecule has 5 aromatic carbocycles. The Kier molecular flexibility index (Phi) is 8.25. The second-order valence-corrected chi connectivity index (χ2v) is 15.7. The monoisotopic (exact) mass is 712 g/mol. The molecule has 0 amide bonds. The molecule has 4 aliphatic rings. The Morgan fingerprint density at radius 2 is 1.36 bits per heavy atom. The Morgan fingerprint density at radius 3 is 2.09 bits per heavy atom. The van der Waals surface area contributed by atoms with E-state index < -0.39 is 0 Å². The lowest BCUT2D eigenvalue weighted by atomic mass is 9.73. The Bertz CT molecular complexity index is 2620. The number of hydrogen-bond donors (Lipinski definition) is 0. The molecule has 0 saturated heterocycles. The third-order valence-corrected chi connectivity index (χ3v) is 13.1. The number of para-hydroxylation sites is 2. The van der Waals surface area contributed by atoms with Gasteiger partial charge in [0, 0.05) is 45.8 Å². The van der Waals surface area contributed by atoms with Gasteiger partial charge in [-0.05, 0) is 125 Å². The van der Waals surface area contributed by atoms with Crippen molar-refractivity contribution in [3.8, 4) is 11.1 Å². The quantitative estimate of drug-likeness (QED) is 0.143. The number of anilines is 2. The summed E-state index contributed by atoms with van der Waals surface area (Å²) in [5.74, 6) is 0.320. The van der Waals surface area contributed by atoms with Crippen molar-refractivity contribution in [2.45, 2.75) is 70.4 Å². The first kappa shape index (κ1) is 33.7. The van der Waals surface area contributed by atoms with Gasteiger partial charge in [-0.15, -0.1) is 0 Å². The fraction of sp³-hybridized carbons (Fsp3) is 0.208. The Morgan fingerprint density at radius 1 is 0.691 bits per heavy atom. The van der Waals surface area contributed by atoms with E-state index in [9.17, 15) is 0 Å². The molecular weight excluding hydrogens is 665 g/mol. The summed E-state index contributed by atoms with van der Waals surface area (Å²) < 4.78 is 2.47. The van der Waals surface area contributed by atoms with Crippen molar-refractivity contribution in [3.63, 3.8) is 0 Å². The summed E-state index contributed by atoms with van der Waals surface area (Å²) in [5.41, 5.74) is 19.0. The fourth-order valence-electron chi connectivity index (χ4n) is 10.3. The molecule has 0 saturated carbocycles. The van der Waals surface area contributed by atoms with Crippen LogP contribution < -0.4 is 4.90 Å². The summed E-state index contributed by atoms with van der Waals surface area (Å²) in [6.45, 7) is 7.99. The van der Waals surface area contributed by atoms with Gasteiger partial charge >= 0.3 is 0 Å². The molecule has 6 aromatic rings. The summed E-state index contributed by atoms with van der Waals surface area (Å²) in [5, 5.41) is 1.41. The number of nitrogens with zero attached hydrogens (tertiary/aromatic N) is 2. The maximum absolute atomic E-state index is 2.50. The highest BCUT2D eigenvalue weighted by Crippen LogP contribution is 2.53. The highest BCUT2D eigenvalue weighted by molar-refractivity contribution is 5.92. The summed E-state index contributed by atoms with van der Waals surface area (Å²) >= 11 is 0. The molecule has 0 spiro atoms. The van der Waals surface area contributed by atoms with Crippen LogP contribution in [0.1, 0.15) is 90.6 Å². The molecule has 1 aliphatic heterocycles. The van der Waals surface area contributed by atoms with Crippen molar-refractivity contribution in [2.24, 2.45) is 0 Å². The SMILES string of the molecule is CCn1c2c(c3cc(/C=C/c4ccc5c(c4)C(CC)(CC)c4cc(/C=C/C6=CC7c8ccccc8N(c8ccccc8)C7C=C6)ccc4-5)ccc31)CCC=C2. The van der Waals surface area contributed by atoms with E-state index in [1.54, 1.807) is 0 Å². The lowest BCUT2D eigenvalue weighted by Gasteiger charge is -2.30. The lowest BCUT2D eigenvalue weighted by Crippen LogP contribution is -2.28. The smallest absolute Gasteiger partial charge is 0.0630 e. The van der Waals surface area contributed by atoms with E-state index in [0.717, 1.165) is 32.2 Å². The molecule has 0 radical (unpaired) electrons. The first-order valence-corrected chi connectivity index (χ1v) is 20.4. The van der Waals surface area contributed by atoms with E-state index in [1.165, 1.54) is 83.6 Å². The summed E-state index contributed by atoms with van der Waals surface area (Å²) in [7, 11) is 0. The number of fused-ring (bicyclic) bond motifs is 9. The third kappa shape index (κ3) is 5.37. The van der Waals surface area contributed by atoms with Gasteiger partial charge in [0.15, 0.2) is 0 Å². The van der Waals surface area contributed by atoms with Crippen LogP contribution >= 0.6 is 0 Å². The number of aryl methyl sites for hydroxylation is 2. The molecule has 1 aromatic heterocycles. The third-order valence-electron chi connectivity index (χ3n) is 13.1. The molecule has 0 N–H and O–H groups in total.